The van der Waals surface area contributed by atoms with Crippen LogP contribution in [0.3, 0.4) is 0 Å². The van der Waals surface area contributed by atoms with E-state index in [4.69, 9.17) is 9.47 Å². The number of nitrogens with zero attached hydrogens (tertiary/aromatic N) is 3. The number of esters is 1. The molecule has 1 saturated carbocycles. The number of carbonyl (C=O) groups excluding carboxylic acids is 2. The molecule has 0 N–H and O–H groups in total. The number of benzene rings is 1. The van der Waals surface area contributed by atoms with Gasteiger partial charge in [0.05, 0.1) is 30.8 Å². The molecule has 3 unspecified atom stereocenters. The van der Waals surface area contributed by atoms with Gasteiger partial charge in [0.15, 0.2) is 0 Å². The number of cyclic esters (lactones) is 1. The Labute approximate surface area is 256 Å². The molecule has 2 aromatic rings. The van der Waals surface area contributed by atoms with Crippen LogP contribution in [0.1, 0.15) is 93.0 Å². The Morgan fingerprint density at radius 1 is 1.07 bits per heavy atom. The maximum absolute atomic E-state index is 14.4. The number of ether oxygens (including phenoxy) is 2. The predicted octanol–water partition coefficient (Wildman–Crippen LogP) is 8.18. The van der Waals surface area contributed by atoms with Crippen molar-refractivity contribution in [3.8, 4) is 0 Å². The predicted molar refractivity (Wildman–Crippen MR) is 150 cm³/mol. The second-order valence-electron chi connectivity index (χ2n) is 11.6. The first-order valence-corrected chi connectivity index (χ1v) is 14.8. The number of amides is 1. The highest BCUT2D eigenvalue weighted by Gasteiger charge is 2.44. The van der Waals surface area contributed by atoms with Crippen molar-refractivity contribution in [1.82, 2.24) is 9.88 Å². The second-order valence-corrected chi connectivity index (χ2v) is 11.6. The molecule has 0 radical (unpaired) electrons. The fourth-order valence-corrected chi connectivity index (χ4v) is 6.16. The van der Waals surface area contributed by atoms with E-state index in [0.717, 1.165) is 25.7 Å². The molecule has 1 aromatic carbocycles. The molecule has 45 heavy (non-hydrogen) atoms. The van der Waals surface area contributed by atoms with Gasteiger partial charge in [0.2, 0.25) is 0 Å². The molecule has 14 heteroatoms. The largest absolute Gasteiger partial charge is 0.469 e. The van der Waals surface area contributed by atoms with Crippen LogP contribution in [-0.4, -0.2) is 47.7 Å². The second kappa shape index (κ2) is 13.4. The number of alkyl halides is 7. The molecule has 1 saturated heterocycles. The zero-order valence-corrected chi connectivity index (χ0v) is 25.3. The number of hydrogen-bond acceptors (Lipinski definition) is 6. The summed E-state index contributed by atoms with van der Waals surface area (Å²) in [6.45, 7) is 5.07. The van der Waals surface area contributed by atoms with Crippen LogP contribution in [0.15, 0.2) is 30.5 Å². The Balaban J connectivity index is 1.63. The Morgan fingerprint density at radius 3 is 2.18 bits per heavy atom. The minimum Gasteiger partial charge on any atom is -0.469 e. The Kier molecular flexibility index (Phi) is 10.2. The number of methoxy groups -OCH3 is 1. The molecule has 3 atom stereocenters. The molecule has 4 rings (SSSR count). The molecular formula is C31H36F7N3O4. The van der Waals surface area contributed by atoms with Crippen LogP contribution >= 0.6 is 0 Å². The Morgan fingerprint density at radius 2 is 1.67 bits per heavy atom. The maximum atomic E-state index is 14.4. The van der Waals surface area contributed by atoms with Gasteiger partial charge < -0.3 is 14.4 Å². The summed E-state index contributed by atoms with van der Waals surface area (Å²) in [7, 11) is 1.35. The Bertz CT molecular complexity index is 1340. The van der Waals surface area contributed by atoms with Crippen molar-refractivity contribution >= 4 is 17.9 Å². The van der Waals surface area contributed by atoms with Gasteiger partial charge in [-0.25, -0.2) is 14.2 Å². The summed E-state index contributed by atoms with van der Waals surface area (Å²) < 4.78 is 106. The van der Waals surface area contributed by atoms with E-state index < -0.39 is 53.5 Å². The fourth-order valence-electron chi connectivity index (χ4n) is 6.16. The molecule has 1 aliphatic carbocycles. The standard InChI is InChI=1S/C31H36F7N3O4/c1-5-40(25-8-6-19(7-9-25)10-26(42)44-4)28-22(11-21(15-39-28)17(2)32)16-41-18(3)27(45-29(41)43)20-12-23(30(33,34)35)14-24(13-20)31(36,37)38/h11-15,17-19,25,27H,5-10,16H2,1-4H3. The third-order valence-electron chi connectivity index (χ3n) is 8.65. The number of halogens is 7. The SMILES string of the molecule is CCN(c1ncc(C(C)F)cc1CN1C(=O)OC(c2cc(C(F)(F)F)cc(C(F)(F)F)c2)C1C)C1CCC(CC(=O)OC)CC1. The Hall–Kier alpha value is -3.58. The molecule has 7 nitrogen and oxygen atoms in total. The average Bonchev–Trinajstić information content (AvgIpc) is 3.26. The van der Waals surface area contributed by atoms with Crippen molar-refractivity contribution in [2.45, 2.75) is 96.1 Å². The van der Waals surface area contributed by atoms with Gasteiger partial charge in [-0.3, -0.25) is 9.69 Å². The van der Waals surface area contributed by atoms with Crippen molar-refractivity contribution < 1.29 is 49.8 Å². The first-order valence-electron chi connectivity index (χ1n) is 14.8. The van der Waals surface area contributed by atoms with Gasteiger partial charge in [-0.05, 0) is 82.2 Å². The van der Waals surface area contributed by atoms with Gasteiger partial charge in [-0.2, -0.15) is 26.3 Å². The molecule has 1 aromatic heterocycles. The van der Waals surface area contributed by atoms with Gasteiger partial charge in [0.1, 0.15) is 18.1 Å². The van der Waals surface area contributed by atoms with Gasteiger partial charge in [-0.15, -0.1) is 0 Å². The summed E-state index contributed by atoms with van der Waals surface area (Å²) in [6, 6.07) is 1.77. The third-order valence-corrected chi connectivity index (χ3v) is 8.65. The fraction of sp³-hybridized carbons (Fsp3) is 0.581. The number of hydrogen-bond donors (Lipinski definition) is 0. The van der Waals surface area contributed by atoms with Gasteiger partial charge in [0.25, 0.3) is 0 Å². The lowest BCUT2D eigenvalue weighted by Crippen LogP contribution is -2.40. The van der Waals surface area contributed by atoms with E-state index in [0.29, 0.717) is 36.5 Å². The lowest BCUT2D eigenvalue weighted by molar-refractivity contribution is -0.144. The third kappa shape index (κ3) is 7.81. The smallest absolute Gasteiger partial charge is 0.416 e. The molecule has 2 heterocycles. The number of rotatable bonds is 9. The van der Waals surface area contributed by atoms with Gasteiger partial charge in [-0.1, -0.05) is 0 Å². The van der Waals surface area contributed by atoms with Crippen molar-refractivity contribution in [1.29, 1.82) is 0 Å². The molecule has 2 fully saturated rings. The summed E-state index contributed by atoms with van der Waals surface area (Å²) in [5.74, 6) is 0.399. The van der Waals surface area contributed by atoms with Crippen LogP contribution in [0.5, 0.6) is 0 Å². The highest BCUT2D eigenvalue weighted by atomic mass is 19.4. The maximum Gasteiger partial charge on any atom is 0.416 e. The summed E-state index contributed by atoms with van der Waals surface area (Å²) in [6.07, 6.45) is -9.09. The minimum atomic E-state index is -5.06. The average molecular weight is 648 g/mol. The van der Waals surface area contributed by atoms with E-state index in [1.54, 1.807) is 6.07 Å². The van der Waals surface area contributed by atoms with E-state index in [1.165, 1.54) is 32.1 Å². The zero-order valence-electron chi connectivity index (χ0n) is 25.3. The van der Waals surface area contributed by atoms with E-state index in [-0.39, 0.29) is 36.1 Å². The summed E-state index contributed by atoms with van der Waals surface area (Å²) in [4.78, 5) is 32.6. The monoisotopic (exact) mass is 647 g/mol. The normalized spacial score (nSPS) is 23.1. The van der Waals surface area contributed by atoms with Crippen LogP contribution in [0.4, 0.5) is 41.3 Å². The quantitative estimate of drug-likeness (QED) is 0.202. The molecule has 1 aliphatic heterocycles. The minimum absolute atomic E-state index is 0.0204. The zero-order chi connectivity index (χ0) is 33.3. The summed E-state index contributed by atoms with van der Waals surface area (Å²) in [5, 5.41) is 0. The molecule has 2 aliphatic rings. The van der Waals surface area contributed by atoms with Crippen LogP contribution < -0.4 is 4.90 Å². The van der Waals surface area contributed by atoms with Crippen molar-refractivity contribution in [2.75, 3.05) is 18.6 Å². The highest BCUT2D eigenvalue weighted by Crippen LogP contribution is 2.42. The van der Waals surface area contributed by atoms with Crippen molar-refractivity contribution in [3.63, 3.8) is 0 Å². The number of carbonyl (C=O) groups is 2. The summed E-state index contributed by atoms with van der Waals surface area (Å²) >= 11 is 0. The van der Waals surface area contributed by atoms with Crippen LogP contribution in [0.2, 0.25) is 0 Å². The molecule has 1 amide bonds. The van der Waals surface area contributed by atoms with E-state index in [2.05, 4.69) is 4.98 Å². The lowest BCUT2D eigenvalue weighted by Gasteiger charge is -2.38. The van der Waals surface area contributed by atoms with E-state index in [9.17, 15) is 40.3 Å². The molecule has 0 bridgehead atoms. The van der Waals surface area contributed by atoms with Crippen molar-refractivity contribution in [3.05, 3.63) is 58.3 Å². The lowest BCUT2D eigenvalue weighted by atomic mass is 9.83. The molecular weight excluding hydrogens is 611 g/mol. The first-order chi connectivity index (χ1) is 21.0. The molecule has 0 spiro atoms. The van der Waals surface area contributed by atoms with E-state index >= 15 is 0 Å². The van der Waals surface area contributed by atoms with Crippen molar-refractivity contribution in [2.24, 2.45) is 5.92 Å². The topological polar surface area (TPSA) is 72.0 Å². The van der Waals surface area contributed by atoms with Crippen LogP contribution in [0.25, 0.3) is 0 Å². The number of anilines is 1. The number of aromatic nitrogens is 1. The van der Waals surface area contributed by atoms with Crippen LogP contribution in [0, 0.1) is 5.92 Å². The first kappa shape index (κ1) is 34.3. The van der Waals surface area contributed by atoms with E-state index in [1.807, 2.05) is 11.8 Å². The summed E-state index contributed by atoms with van der Waals surface area (Å²) in [5.41, 5.74) is -2.75. The van der Waals surface area contributed by atoms with Gasteiger partial charge in [0, 0.05) is 36.3 Å². The highest BCUT2D eigenvalue weighted by molar-refractivity contribution is 5.71. The van der Waals surface area contributed by atoms with Gasteiger partial charge >= 0.3 is 24.4 Å². The van der Waals surface area contributed by atoms with Crippen LogP contribution in [-0.2, 0) is 33.2 Å². The number of pyridine rings is 1. The molecule has 248 valence electrons.